The monoisotopic (exact) mass is 313 g/mol. The van der Waals surface area contributed by atoms with Crippen LogP contribution < -0.4 is 10.1 Å². The molecule has 1 aliphatic heterocycles. The van der Waals surface area contributed by atoms with E-state index in [0.717, 1.165) is 23.4 Å². The predicted octanol–water partition coefficient (Wildman–Crippen LogP) is 2.72. The Bertz CT molecular complexity index is 359. The van der Waals surface area contributed by atoms with Crippen LogP contribution in [-0.2, 0) is 6.54 Å². The maximum Gasteiger partial charge on any atom is 0.172 e. The van der Waals surface area contributed by atoms with Gasteiger partial charge in [-0.25, -0.2) is 0 Å². The van der Waals surface area contributed by atoms with Crippen LogP contribution in [0.25, 0.3) is 0 Å². The van der Waals surface area contributed by atoms with E-state index in [2.05, 4.69) is 26.3 Å². The Kier molecular flexibility index (Phi) is 3.89. The molecule has 0 aromatic carbocycles. The Balaban J connectivity index is 1.63. The molecule has 5 heteroatoms. The first-order valence-electron chi connectivity index (χ1n) is 6.94. The van der Waals surface area contributed by atoms with E-state index in [0.29, 0.717) is 12.1 Å². The summed E-state index contributed by atoms with van der Waals surface area (Å²) in [4.78, 5) is 0. The molecule has 1 saturated carbocycles. The van der Waals surface area contributed by atoms with Crippen molar-refractivity contribution in [3.63, 3.8) is 0 Å². The van der Waals surface area contributed by atoms with Crippen LogP contribution in [0.5, 0.6) is 5.75 Å². The van der Waals surface area contributed by atoms with E-state index in [-0.39, 0.29) is 0 Å². The van der Waals surface area contributed by atoms with Gasteiger partial charge >= 0.3 is 0 Å². The minimum Gasteiger partial charge on any atom is -0.486 e. The van der Waals surface area contributed by atoms with E-state index in [4.69, 9.17) is 4.74 Å². The van der Waals surface area contributed by atoms with Gasteiger partial charge in [-0.3, -0.25) is 4.68 Å². The molecule has 1 unspecified atom stereocenters. The molecular weight excluding hydrogens is 294 g/mol. The first kappa shape index (κ1) is 12.5. The van der Waals surface area contributed by atoms with Crippen molar-refractivity contribution in [1.82, 2.24) is 15.1 Å². The lowest BCUT2D eigenvalue weighted by atomic mass is 10.2. The largest absolute Gasteiger partial charge is 0.486 e. The summed E-state index contributed by atoms with van der Waals surface area (Å²) in [6, 6.07) is 0.556. The summed E-state index contributed by atoms with van der Waals surface area (Å²) in [5, 5.41) is 7.92. The molecule has 0 amide bonds. The average molecular weight is 314 g/mol. The summed E-state index contributed by atoms with van der Waals surface area (Å²) < 4.78 is 9.00. The van der Waals surface area contributed by atoms with Gasteiger partial charge in [-0.15, -0.1) is 0 Å². The fourth-order valence-corrected chi connectivity index (χ4v) is 3.30. The third-order valence-corrected chi connectivity index (χ3v) is 4.70. The third kappa shape index (κ3) is 2.72. The lowest BCUT2D eigenvalue weighted by molar-refractivity contribution is 0.208. The van der Waals surface area contributed by atoms with Gasteiger partial charge in [-0.1, -0.05) is 0 Å². The Labute approximate surface area is 116 Å². The molecule has 2 heterocycles. The van der Waals surface area contributed by atoms with Gasteiger partial charge < -0.3 is 10.1 Å². The molecule has 0 bridgehead atoms. The standard InChI is InChI=1S/C13H20BrN3O/c14-13-12(18-11-5-1-2-6-11)8-16-17(13)9-10-4-3-7-15-10/h8,10-11,15H,1-7,9H2. The molecule has 0 radical (unpaired) electrons. The van der Waals surface area contributed by atoms with E-state index in [1.165, 1.54) is 38.5 Å². The molecule has 1 aromatic rings. The number of nitrogens with one attached hydrogen (secondary N) is 1. The van der Waals surface area contributed by atoms with Crippen LogP contribution in [0.4, 0.5) is 0 Å². The summed E-state index contributed by atoms with van der Waals surface area (Å²) in [5.41, 5.74) is 0. The van der Waals surface area contributed by atoms with Gasteiger partial charge in [-0.2, -0.15) is 5.10 Å². The molecule has 2 aliphatic rings. The molecule has 4 nitrogen and oxygen atoms in total. The van der Waals surface area contributed by atoms with E-state index in [9.17, 15) is 0 Å². The van der Waals surface area contributed by atoms with Crippen molar-refractivity contribution in [2.45, 2.75) is 57.2 Å². The highest BCUT2D eigenvalue weighted by atomic mass is 79.9. The first-order chi connectivity index (χ1) is 8.83. The number of nitrogens with zero attached hydrogens (tertiary/aromatic N) is 2. The molecular formula is C13H20BrN3O. The molecule has 2 fully saturated rings. The van der Waals surface area contributed by atoms with Crippen molar-refractivity contribution >= 4 is 15.9 Å². The second kappa shape index (κ2) is 5.61. The molecule has 1 saturated heterocycles. The van der Waals surface area contributed by atoms with Crippen LogP contribution in [0.2, 0.25) is 0 Å². The van der Waals surface area contributed by atoms with Crippen LogP contribution in [-0.4, -0.2) is 28.5 Å². The van der Waals surface area contributed by atoms with Crippen LogP contribution in [0.3, 0.4) is 0 Å². The molecule has 100 valence electrons. The van der Waals surface area contributed by atoms with E-state index in [1.54, 1.807) is 0 Å². The van der Waals surface area contributed by atoms with Crippen LogP contribution in [0, 0.1) is 0 Å². The van der Waals surface area contributed by atoms with E-state index < -0.39 is 0 Å². The SMILES string of the molecule is Brc1c(OC2CCCC2)cnn1CC1CCCN1. The maximum absolute atomic E-state index is 6.00. The van der Waals surface area contributed by atoms with Crippen molar-refractivity contribution in [3.8, 4) is 5.75 Å². The van der Waals surface area contributed by atoms with Crippen molar-refractivity contribution in [2.24, 2.45) is 0 Å². The lowest BCUT2D eigenvalue weighted by Gasteiger charge is -2.13. The summed E-state index contributed by atoms with van der Waals surface area (Å²) in [6.07, 6.45) is 9.70. The van der Waals surface area contributed by atoms with Crippen molar-refractivity contribution in [2.75, 3.05) is 6.54 Å². The van der Waals surface area contributed by atoms with Gasteiger partial charge in [0.1, 0.15) is 4.60 Å². The van der Waals surface area contributed by atoms with Gasteiger partial charge in [0.2, 0.25) is 0 Å². The predicted molar refractivity (Wildman–Crippen MR) is 73.8 cm³/mol. The second-order valence-electron chi connectivity index (χ2n) is 5.30. The molecule has 1 N–H and O–H groups in total. The van der Waals surface area contributed by atoms with Gasteiger partial charge in [0, 0.05) is 6.04 Å². The molecule has 1 aromatic heterocycles. The maximum atomic E-state index is 6.00. The number of hydrogen-bond acceptors (Lipinski definition) is 3. The van der Waals surface area contributed by atoms with Crippen LogP contribution >= 0.6 is 15.9 Å². The number of rotatable bonds is 4. The molecule has 1 aliphatic carbocycles. The van der Waals surface area contributed by atoms with Gasteiger partial charge in [0.25, 0.3) is 0 Å². The number of ether oxygens (including phenoxy) is 1. The number of halogens is 1. The van der Waals surface area contributed by atoms with E-state index >= 15 is 0 Å². The van der Waals surface area contributed by atoms with E-state index in [1.807, 2.05) is 10.9 Å². The van der Waals surface area contributed by atoms with Crippen molar-refractivity contribution < 1.29 is 4.74 Å². The topological polar surface area (TPSA) is 39.1 Å². The third-order valence-electron chi connectivity index (χ3n) is 3.90. The first-order valence-corrected chi connectivity index (χ1v) is 7.73. The van der Waals surface area contributed by atoms with Gasteiger partial charge in [0.05, 0.1) is 18.8 Å². The van der Waals surface area contributed by atoms with Crippen LogP contribution in [0.15, 0.2) is 10.8 Å². The molecule has 18 heavy (non-hydrogen) atoms. The zero-order valence-electron chi connectivity index (χ0n) is 10.6. The van der Waals surface area contributed by atoms with Crippen LogP contribution in [0.1, 0.15) is 38.5 Å². The summed E-state index contributed by atoms with van der Waals surface area (Å²) in [7, 11) is 0. The summed E-state index contributed by atoms with van der Waals surface area (Å²) in [6.45, 7) is 2.06. The number of hydrogen-bond donors (Lipinski definition) is 1. The minimum atomic E-state index is 0.392. The van der Waals surface area contributed by atoms with Crippen molar-refractivity contribution in [3.05, 3.63) is 10.8 Å². The van der Waals surface area contributed by atoms with Crippen molar-refractivity contribution in [1.29, 1.82) is 0 Å². The second-order valence-corrected chi connectivity index (χ2v) is 6.05. The zero-order valence-corrected chi connectivity index (χ0v) is 12.2. The normalized spacial score (nSPS) is 24.8. The highest BCUT2D eigenvalue weighted by Gasteiger charge is 2.21. The molecule has 3 rings (SSSR count). The lowest BCUT2D eigenvalue weighted by Crippen LogP contribution is -2.27. The molecule has 1 atom stereocenters. The van der Waals surface area contributed by atoms with Gasteiger partial charge in [0.15, 0.2) is 5.75 Å². The highest BCUT2D eigenvalue weighted by Crippen LogP contribution is 2.30. The fraction of sp³-hybridized carbons (Fsp3) is 0.769. The number of aromatic nitrogens is 2. The fourth-order valence-electron chi connectivity index (χ4n) is 2.87. The Morgan fingerprint density at radius 1 is 1.33 bits per heavy atom. The quantitative estimate of drug-likeness (QED) is 0.929. The summed E-state index contributed by atoms with van der Waals surface area (Å²) >= 11 is 3.61. The smallest absolute Gasteiger partial charge is 0.172 e. The highest BCUT2D eigenvalue weighted by molar-refractivity contribution is 9.10. The Morgan fingerprint density at radius 2 is 2.17 bits per heavy atom. The zero-order chi connectivity index (χ0) is 12.4. The minimum absolute atomic E-state index is 0.392. The summed E-state index contributed by atoms with van der Waals surface area (Å²) in [5.74, 6) is 0.903. The molecule has 0 spiro atoms. The Morgan fingerprint density at radius 3 is 2.89 bits per heavy atom. The Hall–Kier alpha value is -0.550. The average Bonchev–Trinajstić information content (AvgIpc) is 3.08. The van der Waals surface area contributed by atoms with Gasteiger partial charge in [-0.05, 0) is 61.0 Å².